The minimum atomic E-state index is -0.246. The first-order valence-electron chi connectivity index (χ1n) is 8.77. The van der Waals surface area contributed by atoms with Crippen molar-refractivity contribution in [1.82, 2.24) is 20.2 Å². The lowest BCUT2D eigenvalue weighted by molar-refractivity contribution is 0.122. The number of anilines is 1. The Morgan fingerprint density at radius 3 is 2.52 bits per heavy atom. The van der Waals surface area contributed by atoms with Gasteiger partial charge in [0, 0.05) is 20.1 Å². The molecule has 0 unspecified atom stereocenters. The fourth-order valence-electron chi connectivity index (χ4n) is 3.03. The van der Waals surface area contributed by atoms with E-state index in [-0.39, 0.29) is 12.4 Å². The van der Waals surface area contributed by atoms with Crippen LogP contribution in [-0.2, 0) is 18.4 Å². The van der Waals surface area contributed by atoms with Crippen LogP contribution in [0.1, 0.15) is 5.82 Å². The van der Waals surface area contributed by atoms with Crippen molar-refractivity contribution < 1.29 is 13.9 Å². The summed E-state index contributed by atoms with van der Waals surface area (Å²) in [5, 5.41) is 11.4. The lowest BCUT2D eigenvalue weighted by Crippen LogP contribution is -2.36. The molecule has 2 aromatic carbocycles. The Morgan fingerprint density at radius 1 is 1.07 bits per heavy atom. The molecule has 4 rings (SSSR count). The van der Waals surface area contributed by atoms with E-state index in [9.17, 15) is 4.39 Å². The van der Waals surface area contributed by atoms with Gasteiger partial charge < -0.3 is 14.4 Å². The molecule has 0 amide bonds. The summed E-state index contributed by atoms with van der Waals surface area (Å²) in [4.78, 5) is 2.24. The second-order valence-corrected chi connectivity index (χ2v) is 6.30. The zero-order chi connectivity index (χ0) is 18.6. The Balaban J connectivity index is 1.64. The molecule has 0 saturated carbocycles. The molecule has 0 spiro atoms. The van der Waals surface area contributed by atoms with Crippen LogP contribution in [0, 0.1) is 5.82 Å². The third kappa shape index (κ3) is 3.90. The molecule has 0 atom stereocenters. The number of aromatic nitrogens is 4. The number of tetrazole rings is 1. The van der Waals surface area contributed by atoms with Crippen molar-refractivity contribution in [3.8, 4) is 16.9 Å². The highest BCUT2D eigenvalue weighted by atomic mass is 19.1. The normalized spacial score (nSPS) is 14.4. The van der Waals surface area contributed by atoms with Crippen LogP contribution in [0.15, 0.2) is 42.5 Å². The first-order chi connectivity index (χ1) is 13.2. The molecule has 140 valence electrons. The Hall–Kier alpha value is -3.00. The summed E-state index contributed by atoms with van der Waals surface area (Å²) in [6.07, 6.45) is 0. The van der Waals surface area contributed by atoms with Crippen LogP contribution >= 0.6 is 0 Å². The number of rotatable bonds is 5. The molecule has 2 heterocycles. The average molecular weight is 369 g/mol. The fourth-order valence-corrected chi connectivity index (χ4v) is 3.03. The van der Waals surface area contributed by atoms with Crippen LogP contribution in [0.2, 0.25) is 0 Å². The van der Waals surface area contributed by atoms with Gasteiger partial charge in [0.15, 0.2) is 5.82 Å². The number of ether oxygens (including phenoxy) is 2. The van der Waals surface area contributed by atoms with Gasteiger partial charge in [-0.1, -0.05) is 18.2 Å². The van der Waals surface area contributed by atoms with Gasteiger partial charge in [-0.15, -0.1) is 5.10 Å². The lowest BCUT2D eigenvalue weighted by Gasteiger charge is -2.30. The predicted octanol–water partition coefficient (Wildman–Crippen LogP) is 2.43. The third-order valence-electron chi connectivity index (χ3n) is 4.55. The monoisotopic (exact) mass is 369 g/mol. The average Bonchev–Trinajstić information content (AvgIpc) is 3.12. The SMILES string of the molecule is Cn1nnnc1COc1ccc(-c2ccc(F)cc2)cc1N1CCOCC1. The maximum absolute atomic E-state index is 13.2. The van der Waals surface area contributed by atoms with Crippen molar-refractivity contribution >= 4 is 5.69 Å². The molecular formula is C19H20FN5O2. The van der Waals surface area contributed by atoms with E-state index in [1.807, 2.05) is 12.1 Å². The van der Waals surface area contributed by atoms with Gasteiger partial charge in [-0.25, -0.2) is 9.07 Å². The smallest absolute Gasteiger partial charge is 0.188 e. The van der Waals surface area contributed by atoms with Crippen LogP contribution in [-0.4, -0.2) is 46.5 Å². The molecule has 1 saturated heterocycles. The van der Waals surface area contributed by atoms with Crippen molar-refractivity contribution in [3.05, 3.63) is 54.1 Å². The largest absolute Gasteiger partial charge is 0.483 e. The summed E-state index contributed by atoms with van der Waals surface area (Å²) in [7, 11) is 1.78. The zero-order valence-corrected chi connectivity index (χ0v) is 15.0. The summed E-state index contributed by atoms with van der Waals surface area (Å²) < 4.78 is 26.3. The number of hydrogen-bond acceptors (Lipinski definition) is 6. The van der Waals surface area contributed by atoms with Gasteiger partial charge in [0.05, 0.1) is 18.9 Å². The van der Waals surface area contributed by atoms with E-state index in [1.165, 1.54) is 12.1 Å². The minimum Gasteiger partial charge on any atom is -0.483 e. The van der Waals surface area contributed by atoms with Crippen LogP contribution in [0.3, 0.4) is 0 Å². The van der Waals surface area contributed by atoms with Crippen molar-refractivity contribution in [2.75, 3.05) is 31.2 Å². The molecular weight excluding hydrogens is 349 g/mol. The van der Waals surface area contributed by atoms with Gasteiger partial charge in [0.2, 0.25) is 0 Å². The van der Waals surface area contributed by atoms with Gasteiger partial charge in [0.25, 0.3) is 0 Å². The fraction of sp³-hybridized carbons (Fsp3) is 0.316. The van der Waals surface area contributed by atoms with Crippen molar-refractivity contribution in [2.24, 2.45) is 7.05 Å². The summed E-state index contributed by atoms with van der Waals surface area (Å²) in [6.45, 7) is 3.20. The van der Waals surface area contributed by atoms with Gasteiger partial charge >= 0.3 is 0 Å². The van der Waals surface area contributed by atoms with E-state index in [0.29, 0.717) is 19.0 Å². The highest BCUT2D eigenvalue weighted by Gasteiger charge is 2.17. The molecule has 1 aromatic heterocycles. The maximum atomic E-state index is 13.2. The minimum absolute atomic E-state index is 0.246. The quantitative estimate of drug-likeness (QED) is 0.688. The van der Waals surface area contributed by atoms with Crippen molar-refractivity contribution in [2.45, 2.75) is 6.61 Å². The number of halogens is 1. The Morgan fingerprint density at radius 2 is 1.81 bits per heavy atom. The van der Waals surface area contributed by atoms with Crippen molar-refractivity contribution in [3.63, 3.8) is 0 Å². The van der Waals surface area contributed by atoms with E-state index in [4.69, 9.17) is 9.47 Å². The molecule has 3 aromatic rings. The highest BCUT2D eigenvalue weighted by molar-refractivity contribution is 5.72. The third-order valence-corrected chi connectivity index (χ3v) is 4.55. The highest BCUT2D eigenvalue weighted by Crippen LogP contribution is 2.34. The van der Waals surface area contributed by atoms with E-state index >= 15 is 0 Å². The standard InChI is InChI=1S/C19H20FN5O2/c1-24-19(21-22-23-24)13-27-18-7-4-15(14-2-5-16(20)6-3-14)12-17(18)25-8-10-26-11-9-25/h2-7,12H,8-11,13H2,1H3. The first kappa shape index (κ1) is 17.4. The summed E-state index contributed by atoms with van der Waals surface area (Å²) in [5.74, 6) is 1.15. The van der Waals surface area contributed by atoms with Crippen LogP contribution in [0.4, 0.5) is 10.1 Å². The number of aryl methyl sites for hydroxylation is 1. The summed E-state index contributed by atoms with van der Waals surface area (Å²) in [5.41, 5.74) is 2.94. The summed E-state index contributed by atoms with van der Waals surface area (Å²) >= 11 is 0. The summed E-state index contributed by atoms with van der Waals surface area (Å²) in [6, 6.07) is 12.5. The van der Waals surface area contributed by atoms with E-state index in [1.54, 1.807) is 23.9 Å². The topological polar surface area (TPSA) is 65.3 Å². The molecule has 8 heteroatoms. The number of nitrogens with zero attached hydrogens (tertiary/aromatic N) is 5. The number of hydrogen-bond donors (Lipinski definition) is 0. The van der Waals surface area contributed by atoms with E-state index in [0.717, 1.165) is 35.7 Å². The maximum Gasteiger partial charge on any atom is 0.188 e. The van der Waals surface area contributed by atoms with E-state index < -0.39 is 0 Å². The van der Waals surface area contributed by atoms with E-state index in [2.05, 4.69) is 26.5 Å². The number of morpholine rings is 1. The Bertz CT molecular complexity index is 907. The van der Waals surface area contributed by atoms with Crippen LogP contribution < -0.4 is 9.64 Å². The number of benzene rings is 2. The van der Waals surface area contributed by atoms with Gasteiger partial charge in [-0.3, -0.25) is 0 Å². The molecule has 1 fully saturated rings. The predicted molar refractivity (Wildman–Crippen MR) is 98.0 cm³/mol. The van der Waals surface area contributed by atoms with Gasteiger partial charge in [-0.2, -0.15) is 0 Å². The molecule has 0 N–H and O–H groups in total. The Kier molecular flexibility index (Phi) is 4.97. The van der Waals surface area contributed by atoms with Gasteiger partial charge in [0.1, 0.15) is 18.2 Å². The van der Waals surface area contributed by atoms with Gasteiger partial charge in [-0.05, 0) is 45.8 Å². The zero-order valence-electron chi connectivity index (χ0n) is 15.0. The first-order valence-corrected chi connectivity index (χ1v) is 8.77. The molecule has 7 nitrogen and oxygen atoms in total. The van der Waals surface area contributed by atoms with Crippen LogP contribution in [0.5, 0.6) is 5.75 Å². The molecule has 1 aliphatic rings. The van der Waals surface area contributed by atoms with Crippen molar-refractivity contribution in [1.29, 1.82) is 0 Å². The second kappa shape index (κ2) is 7.71. The molecule has 0 radical (unpaired) electrons. The Labute approximate surface area is 156 Å². The molecule has 27 heavy (non-hydrogen) atoms. The lowest BCUT2D eigenvalue weighted by atomic mass is 10.0. The molecule has 0 bridgehead atoms. The molecule has 1 aliphatic heterocycles. The molecule has 0 aliphatic carbocycles. The second-order valence-electron chi connectivity index (χ2n) is 6.30. The van der Waals surface area contributed by atoms with Crippen LogP contribution in [0.25, 0.3) is 11.1 Å².